The van der Waals surface area contributed by atoms with E-state index in [4.69, 9.17) is 0 Å². The van der Waals surface area contributed by atoms with Crippen LogP contribution in [0, 0.1) is 0 Å². The number of carbonyl (C=O) groups excluding carboxylic acids is 2. The summed E-state index contributed by atoms with van der Waals surface area (Å²) in [6, 6.07) is 3.89. The van der Waals surface area contributed by atoms with E-state index in [0.717, 1.165) is 12.5 Å². The molecule has 2 rings (SSSR count). The smallest absolute Gasteiger partial charge is 0.325 e. The van der Waals surface area contributed by atoms with Crippen molar-refractivity contribution in [3.63, 3.8) is 0 Å². The SMILES string of the molecule is CCC1(C)NC(=O)N(CCCNC(=NC)NCC(C)c2cccs2)C1=O. The number of carbonyl (C=O) groups is 2. The van der Waals surface area contributed by atoms with Crippen LogP contribution in [0.4, 0.5) is 4.79 Å². The monoisotopic (exact) mass is 379 g/mol. The predicted molar refractivity (Wildman–Crippen MR) is 106 cm³/mol. The zero-order valence-corrected chi connectivity index (χ0v) is 16.8. The first-order chi connectivity index (χ1) is 12.4. The van der Waals surface area contributed by atoms with Gasteiger partial charge in [-0.25, -0.2) is 4.79 Å². The number of rotatable bonds is 8. The second-order valence-electron chi connectivity index (χ2n) is 6.72. The molecule has 0 radical (unpaired) electrons. The Labute approximate surface area is 159 Å². The largest absolute Gasteiger partial charge is 0.356 e. The van der Waals surface area contributed by atoms with Crippen molar-refractivity contribution in [3.8, 4) is 0 Å². The molecule has 1 aromatic heterocycles. The first kappa shape index (κ1) is 20.2. The van der Waals surface area contributed by atoms with Crippen LogP contribution in [0.1, 0.15) is 44.4 Å². The number of imide groups is 1. The van der Waals surface area contributed by atoms with Crippen LogP contribution in [0.2, 0.25) is 0 Å². The van der Waals surface area contributed by atoms with Gasteiger partial charge >= 0.3 is 6.03 Å². The van der Waals surface area contributed by atoms with Crippen LogP contribution in [0.5, 0.6) is 0 Å². The number of nitrogens with one attached hydrogen (secondary N) is 3. The van der Waals surface area contributed by atoms with E-state index in [1.165, 1.54) is 9.78 Å². The quantitative estimate of drug-likeness (QED) is 0.280. The molecule has 3 amide bonds. The molecule has 2 atom stereocenters. The van der Waals surface area contributed by atoms with Gasteiger partial charge in [0.05, 0.1) is 0 Å². The topological polar surface area (TPSA) is 85.8 Å². The Bertz CT molecular complexity index is 646. The second-order valence-corrected chi connectivity index (χ2v) is 7.70. The van der Waals surface area contributed by atoms with Gasteiger partial charge in [-0.2, -0.15) is 0 Å². The number of guanidine groups is 1. The van der Waals surface area contributed by atoms with Crippen molar-refractivity contribution in [1.82, 2.24) is 20.9 Å². The molecule has 1 aliphatic rings. The highest BCUT2D eigenvalue weighted by Crippen LogP contribution is 2.21. The van der Waals surface area contributed by atoms with Gasteiger partial charge in [0, 0.05) is 37.5 Å². The molecule has 1 saturated heterocycles. The van der Waals surface area contributed by atoms with Crippen LogP contribution in [-0.4, -0.2) is 55.0 Å². The minimum Gasteiger partial charge on any atom is -0.356 e. The summed E-state index contributed by atoms with van der Waals surface area (Å²) in [4.78, 5) is 31.2. The minimum absolute atomic E-state index is 0.141. The molecule has 8 heteroatoms. The Morgan fingerprint density at radius 1 is 1.42 bits per heavy atom. The maximum absolute atomic E-state index is 12.3. The second kappa shape index (κ2) is 9.02. The number of nitrogens with zero attached hydrogens (tertiary/aromatic N) is 2. The van der Waals surface area contributed by atoms with Gasteiger partial charge in [-0.15, -0.1) is 11.3 Å². The summed E-state index contributed by atoms with van der Waals surface area (Å²) in [5, 5.41) is 11.4. The van der Waals surface area contributed by atoms with Crippen molar-refractivity contribution in [2.24, 2.45) is 4.99 Å². The van der Waals surface area contributed by atoms with Crippen LogP contribution >= 0.6 is 11.3 Å². The molecule has 0 aliphatic carbocycles. The summed E-state index contributed by atoms with van der Waals surface area (Å²) in [5.41, 5.74) is -0.764. The fourth-order valence-electron chi connectivity index (χ4n) is 2.78. The van der Waals surface area contributed by atoms with Crippen molar-refractivity contribution in [3.05, 3.63) is 22.4 Å². The van der Waals surface area contributed by atoms with E-state index < -0.39 is 5.54 Å². The number of aliphatic imine (C=N–C) groups is 1. The lowest BCUT2D eigenvalue weighted by Gasteiger charge is -2.19. The predicted octanol–water partition coefficient (Wildman–Crippen LogP) is 2.13. The van der Waals surface area contributed by atoms with Crippen LogP contribution in [0.3, 0.4) is 0 Å². The molecule has 0 saturated carbocycles. The minimum atomic E-state index is -0.764. The molecule has 7 nitrogen and oxygen atoms in total. The molecule has 1 fully saturated rings. The average Bonchev–Trinajstić information content (AvgIpc) is 3.24. The molecular formula is C18H29N5O2S. The molecule has 0 bridgehead atoms. The highest BCUT2D eigenvalue weighted by molar-refractivity contribution is 7.10. The fraction of sp³-hybridized carbons (Fsp3) is 0.611. The lowest BCUT2D eigenvalue weighted by molar-refractivity contribution is -0.130. The van der Waals surface area contributed by atoms with E-state index in [1.54, 1.807) is 25.3 Å². The molecular weight excluding hydrogens is 350 g/mol. The first-order valence-corrected chi connectivity index (χ1v) is 9.91. The number of hydrogen-bond acceptors (Lipinski definition) is 4. The van der Waals surface area contributed by atoms with E-state index in [9.17, 15) is 9.59 Å². The Morgan fingerprint density at radius 2 is 2.19 bits per heavy atom. The van der Waals surface area contributed by atoms with E-state index >= 15 is 0 Å². The van der Waals surface area contributed by atoms with Crippen LogP contribution < -0.4 is 16.0 Å². The molecule has 0 spiro atoms. The lowest BCUT2D eigenvalue weighted by atomic mass is 9.99. The molecule has 1 aromatic rings. The highest BCUT2D eigenvalue weighted by Gasteiger charge is 2.45. The molecule has 26 heavy (non-hydrogen) atoms. The van der Waals surface area contributed by atoms with Crippen molar-refractivity contribution >= 4 is 29.2 Å². The van der Waals surface area contributed by atoms with E-state index in [0.29, 0.717) is 31.8 Å². The maximum atomic E-state index is 12.3. The molecule has 144 valence electrons. The van der Waals surface area contributed by atoms with Crippen LogP contribution in [0.15, 0.2) is 22.5 Å². The van der Waals surface area contributed by atoms with Gasteiger partial charge < -0.3 is 16.0 Å². The number of hydrogen-bond donors (Lipinski definition) is 3. The Balaban J connectivity index is 1.71. The molecule has 0 aromatic carbocycles. The van der Waals surface area contributed by atoms with Gasteiger partial charge in [-0.3, -0.25) is 14.7 Å². The molecule has 1 aliphatic heterocycles. The van der Waals surface area contributed by atoms with Crippen molar-refractivity contribution in [2.75, 3.05) is 26.7 Å². The third kappa shape index (κ3) is 4.75. The molecule has 2 heterocycles. The third-order valence-electron chi connectivity index (χ3n) is 4.73. The summed E-state index contributed by atoms with van der Waals surface area (Å²) in [6.45, 7) is 7.67. The number of amides is 3. The lowest BCUT2D eigenvalue weighted by Crippen LogP contribution is -2.43. The van der Waals surface area contributed by atoms with Gasteiger partial charge in [-0.05, 0) is 31.2 Å². The normalized spacial score (nSPS) is 21.7. The number of urea groups is 1. The van der Waals surface area contributed by atoms with Crippen molar-refractivity contribution < 1.29 is 9.59 Å². The van der Waals surface area contributed by atoms with Gasteiger partial charge in [0.1, 0.15) is 5.54 Å². The summed E-state index contributed by atoms with van der Waals surface area (Å²) in [5.74, 6) is 0.993. The van der Waals surface area contributed by atoms with E-state index in [2.05, 4.69) is 45.4 Å². The van der Waals surface area contributed by atoms with Crippen LogP contribution in [-0.2, 0) is 4.79 Å². The van der Waals surface area contributed by atoms with E-state index in [-0.39, 0.29) is 11.9 Å². The van der Waals surface area contributed by atoms with Gasteiger partial charge in [0.2, 0.25) is 0 Å². The Kier molecular flexibility index (Phi) is 7.02. The highest BCUT2D eigenvalue weighted by atomic mass is 32.1. The maximum Gasteiger partial charge on any atom is 0.325 e. The van der Waals surface area contributed by atoms with Crippen molar-refractivity contribution in [1.29, 1.82) is 0 Å². The zero-order valence-electron chi connectivity index (χ0n) is 16.0. The summed E-state index contributed by atoms with van der Waals surface area (Å²) in [7, 11) is 1.73. The van der Waals surface area contributed by atoms with Gasteiger partial charge in [-0.1, -0.05) is 19.9 Å². The Morgan fingerprint density at radius 3 is 2.77 bits per heavy atom. The summed E-state index contributed by atoms with van der Waals surface area (Å²) < 4.78 is 0. The number of thiophene rings is 1. The summed E-state index contributed by atoms with van der Waals surface area (Å²) >= 11 is 1.75. The van der Waals surface area contributed by atoms with Crippen molar-refractivity contribution in [2.45, 2.75) is 45.1 Å². The third-order valence-corrected chi connectivity index (χ3v) is 5.84. The standard InChI is InChI=1S/C18H29N5O2S/c1-5-18(3)15(24)23(17(25)22-18)10-7-9-20-16(19-4)21-12-13(2)14-8-6-11-26-14/h6,8,11,13H,5,7,9-10,12H2,1-4H3,(H,22,25)(H2,19,20,21). The first-order valence-electron chi connectivity index (χ1n) is 9.03. The molecule has 2 unspecified atom stereocenters. The fourth-order valence-corrected chi connectivity index (χ4v) is 3.56. The van der Waals surface area contributed by atoms with E-state index in [1.807, 2.05) is 6.92 Å². The van der Waals surface area contributed by atoms with Gasteiger partial charge in [0.25, 0.3) is 5.91 Å². The molecule has 3 N–H and O–H groups in total. The zero-order chi connectivity index (χ0) is 19.2. The Hall–Kier alpha value is -2.09. The average molecular weight is 380 g/mol. The van der Waals surface area contributed by atoms with Gasteiger partial charge in [0.15, 0.2) is 5.96 Å². The van der Waals surface area contributed by atoms with Crippen LogP contribution in [0.25, 0.3) is 0 Å². The summed E-state index contributed by atoms with van der Waals surface area (Å²) in [6.07, 6.45) is 1.26.